The molecule has 0 atom stereocenters. The third-order valence-corrected chi connectivity index (χ3v) is 4.13. The molecule has 0 aliphatic carbocycles. The number of carbonyl (C=O) groups is 1. The van der Waals surface area contributed by atoms with Crippen molar-refractivity contribution in [1.29, 1.82) is 0 Å². The normalized spacial score (nSPS) is 12.8. The van der Waals surface area contributed by atoms with Crippen molar-refractivity contribution in [2.24, 2.45) is 4.99 Å². The van der Waals surface area contributed by atoms with Gasteiger partial charge in [0.15, 0.2) is 5.82 Å². The number of amides is 1. The highest BCUT2D eigenvalue weighted by molar-refractivity contribution is 6.30. The topological polar surface area (TPSA) is 82.2 Å². The summed E-state index contributed by atoms with van der Waals surface area (Å²) in [6.45, 7) is 5.40. The second kappa shape index (κ2) is 8.17. The molecule has 0 aliphatic heterocycles. The molecule has 6 nitrogen and oxygen atoms in total. The van der Waals surface area contributed by atoms with E-state index < -0.39 is 29.1 Å². The summed E-state index contributed by atoms with van der Waals surface area (Å²) < 4.78 is 51.7. The fourth-order valence-corrected chi connectivity index (χ4v) is 2.06. The number of anilines is 1. The molecule has 1 aromatic carbocycles. The van der Waals surface area contributed by atoms with Gasteiger partial charge in [0.1, 0.15) is 11.5 Å². The molecule has 11 heteroatoms. The van der Waals surface area contributed by atoms with Crippen molar-refractivity contribution in [3.8, 4) is 0 Å². The van der Waals surface area contributed by atoms with E-state index in [0.717, 1.165) is 12.1 Å². The van der Waals surface area contributed by atoms with Crippen molar-refractivity contribution in [3.05, 3.63) is 46.4 Å². The van der Waals surface area contributed by atoms with E-state index in [4.69, 9.17) is 11.6 Å². The lowest BCUT2D eigenvalue weighted by Crippen LogP contribution is -2.38. The summed E-state index contributed by atoms with van der Waals surface area (Å²) in [6, 6.07) is 4.20. The number of guanidine groups is 1. The number of alkyl halides is 3. The zero-order valence-electron chi connectivity index (χ0n) is 15.2. The maximum Gasteiger partial charge on any atom is 0.432 e. The Labute approximate surface area is 163 Å². The van der Waals surface area contributed by atoms with Crippen LogP contribution in [-0.2, 0) is 6.18 Å². The predicted octanol–water partition coefficient (Wildman–Crippen LogP) is 4.61. The Hall–Kier alpha value is -2.62. The van der Waals surface area contributed by atoms with Crippen LogP contribution >= 0.6 is 11.6 Å². The highest BCUT2D eigenvalue weighted by Gasteiger charge is 2.33. The fourth-order valence-electron chi connectivity index (χ4n) is 1.94. The molecule has 0 saturated heterocycles. The first-order valence-corrected chi connectivity index (χ1v) is 8.55. The Morgan fingerprint density at radius 2 is 1.96 bits per heavy atom. The monoisotopic (exact) mass is 419 g/mol. The van der Waals surface area contributed by atoms with Crippen molar-refractivity contribution in [2.45, 2.75) is 38.9 Å². The maximum absolute atomic E-state index is 13.6. The molecular formula is C17H18ClF4N5O. The summed E-state index contributed by atoms with van der Waals surface area (Å²) in [5.74, 6) is -1.83. The summed E-state index contributed by atoms with van der Waals surface area (Å²) in [7, 11) is 0. The number of aromatic nitrogens is 2. The van der Waals surface area contributed by atoms with Crippen LogP contribution < -0.4 is 10.6 Å². The van der Waals surface area contributed by atoms with Gasteiger partial charge in [-0.15, -0.1) is 0 Å². The number of aromatic amines is 1. The van der Waals surface area contributed by atoms with Gasteiger partial charge in [-0.2, -0.15) is 18.3 Å². The first-order chi connectivity index (χ1) is 12.9. The number of hydrogen-bond donors (Lipinski definition) is 3. The van der Waals surface area contributed by atoms with Gasteiger partial charge in [-0.3, -0.25) is 15.2 Å². The van der Waals surface area contributed by atoms with E-state index in [9.17, 15) is 22.4 Å². The van der Waals surface area contributed by atoms with Crippen molar-refractivity contribution in [3.63, 3.8) is 0 Å². The van der Waals surface area contributed by atoms with Gasteiger partial charge in [0.05, 0.1) is 10.6 Å². The first-order valence-electron chi connectivity index (χ1n) is 8.17. The lowest BCUT2D eigenvalue weighted by atomic mass is 10.0. The molecule has 1 amide bonds. The molecule has 0 radical (unpaired) electrons. The summed E-state index contributed by atoms with van der Waals surface area (Å²) in [6.07, 6.45) is -4.02. The van der Waals surface area contributed by atoms with Crippen LogP contribution in [0, 0.1) is 5.82 Å². The molecule has 1 aromatic heterocycles. The van der Waals surface area contributed by atoms with Crippen molar-refractivity contribution in [1.82, 2.24) is 15.5 Å². The second-order valence-electron chi connectivity index (χ2n) is 6.50. The molecule has 0 bridgehead atoms. The van der Waals surface area contributed by atoms with Gasteiger partial charge in [0, 0.05) is 11.6 Å². The van der Waals surface area contributed by atoms with Crippen LogP contribution in [0.25, 0.3) is 0 Å². The number of nitrogens with zero attached hydrogens (tertiary/aromatic N) is 2. The summed E-state index contributed by atoms with van der Waals surface area (Å²) >= 11 is 5.60. The number of benzene rings is 1. The average Bonchev–Trinajstić information content (AvgIpc) is 3.05. The maximum atomic E-state index is 13.6. The Morgan fingerprint density at radius 3 is 2.50 bits per heavy atom. The van der Waals surface area contributed by atoms with Crippen LogP contribution in [0.15, 0.2) is 29.3 Å². The Kier molecular flexibility index (Phi) is 6.33. The standard InChI is InChI=1S/C17H18ClF4N5O/c1-4-16(2,3)25-15(23-13-8-12(26-27-13)17(20,21)22)24-14(28)9-5-6-10(18)11(19)7-9/h5-8H,4H2,1-3H3,(H3,23,24,25,26,27,28). The number of carbonyl (C=O) groups excluding carboxylic acids is 1. The van der Waals surface area contributed by atoms with Gasteiger partial charge in [-0.25, -0.2) is 9.38 Å². The molecule has 2 aromatic rings. The van der Waals surface area contributed by atoms with E-state index in [-0.39, 0.29) is 22.4 Å². The minimum Gasteiger partial charge on any atom is -0.309 e. The number of halogens is 5. The van der Waals surface area contributed by atoms with Crippen molar-refractivity contribution in [2.75, 3.05) is 5.32 Å². The lowest BCUT2D eigenvalue weighted by molar-refractivity contribution is -0.141. The van der Waals surface area contributed by atoms with Gasteiger partial charge in [-0.1, -0.05) is 18.5 Å². The van der Waals surface area contributed by atoms with Crippen LogP contribution in [0.3, 0.4) is 0 Å². The predicted molar refractivity (Wildman–Crippen MR) is 97.9 cm³/mol. The number of hydrogen-bond acceptors (Lipinski definition) is 3. The highest BCUT2D eigenvalue weighted by atomic mass is 35.5. The Morgan fingerprint density at radius 1 is 1.29 bits per heavy atom. The van der Waals surface area contributed by atoms with Crippen LogP contribution in [0.1, 0.15) is 43.2 Å². The molecule has 3 N–H and O–H groups in total. The van der Waals surface area contributed by atoms with E-state index in [2.05, 4.69) is 20.7 Å². The molecule has 2 rings (SSSR count). The molecule has 0 spiro atoms. The molecule has 0 aliphatic rings. The van der Waals surface area contributed by atoms with Crippen molar-refractivity contribution >= 4 is 29.3 Å². The smallest absolute Gasteiger partial charge is 0.309 e. The van der Waals surface area contributed by atoms with E-state index in [1.807, 2.05) is 12.0 Å². The zero-order chi connectivity index (χ0) is 21.1. The van der Waals surface area contributed by atoms with Crippen molar-refractivity contribution < 1.29 is 22.4 Å². The molecule has 0 saturated carbocycles. The minimum absolute atomic E-state index is 0.0382. The van der Waals surface area contributed by atoms with E-state index in [1.54, 1.807) is 13.8 Å². The van der Waals surface area contributed by atoms with Crippen LogP contribution in [0.4, 0.5) is 23.4 Å². The largest absolute Gasteiger partial charge is 0.432 e. The van der Waals surface area contributed by atoms with Gasteiger partial charge in [0.25, 0.3) is 5.91 Å². The minimum atomic E-state index is -4.60. The summed E-state index contributed by atoms with van der Waals surface area (Å²) in [5.41, 5.74) is -1.73. The van der Waals surface area contributed by atoms with Crippen LogP contribution in [-0.4, -0.2) is 27.6 Å². The molecule has 28 heavy (non-hydrogen) atoms. The Bertz CT molecular complexity index is 892. The quantitative estimate of drug-likeness (QED) is 0.384. The van der Waals surface area contributed by atoms with E-state index in [0.29, 0.717) is 6.42 Å². The fraction of sp³-hybridized carbons (Fsp3) is 0.353. The third-order valence-electron chi connectivity index (χ3n) is 3.82. The van der Waals surface area contributed by atoms with Gasteiger partial charge in [-0.05, 0) is 38.5 Å². The zero-order valence-corrected chi connectivity index (χ0v) is 16.0. The average molecular weight is 420 g/mol. The number of rotatable bonds is 4. The molecule has 1 heterocycles. The van der Waals surface area contributed by atoms with Gasteiger partial charge >= 0.3 is 6.18 Å². The summed E-state index contributed by atoms with van der Waals surface area (Å²) in [5, 5.41) is 10.2. The number of H-pyrrole nitrogens is 1. The van der Waals surface area contributed by atoms with Crippen LogP contribution in [0.5, 0.6) is 0 Å². The second-order valence-corrected chi connectivity index (χ2v) is 6.91. The molecule has 152 valence electrons. The summed E-state index contributed by atoms with van der Waals surface area (Å²) in [4.78, 5) is 16.7. The van der Waals surface area contributed by atoms with E-state index >= 15 is 0 Å². The molecular weight excluding hydrogens is 402 g/mol. The molecule has 0 fully saturated rings. The van der Waals surface area contributed by atoms with Gasteiger partial charge in [0.2, 0.25) is 5.96 Å². The Balaban J connectivity index is 2.28. The lowest BCUT2D eigenvalue weighted by Gasteiger charge is -2.20. The van der Waals surface area contributed by atoms with Gasteiger partial charge < -0.3 is 5.32 Å². The highest BCUT2D eigenvalue weighted by Crippen LogP contribution is 2.28. The number of aliphatic imine (C=N–C) groups is 1. The first kappa shape index (κ1) is 21.7. The SMILES string of the molecule is CCC(C)(C)N=C(NC(=O)c1ccc(Cl)c(F)c1)Nc1cc(C(F)(F)F)[nH]n1. The van der Waals surface area contributed by atoms with Crippen LogP contribution in [0.2, 0.25) is 5.02 Å². The number of nitrogens with one attached hydrogen (secondary N) is 3. The third kappa shape index (κ3) is 5.69. The molecule has 0 unspecified atom stereocenters. The van der Waals surface area contributed by atoms with E-state index in [1.165, 1.54) is 12.1 Å².